The monoisotopic (exact) mass is 363 g/mol. The highest BCUT2D eigenvalue weighted by Gasteiger charge is 2.30. The van der Waals surface area contributed by atoms with Gasteiger partial charge in [-0.15, -0.1) is 0 Å². The van der Waals surface area contributed by atoms with Crippen LogP contribution in [0.5, 0.6) is 0 Å². The Hall–Kier alpha value is -0.0700. The number of methoxy groups -OCH3 is 1. The minimum atomic E-state index is 0.310. The fraction of sp³-hybridized carbons (Fsp3) is 0.714. The van der Waals surface area contributed by atoms with Gasteiger partial charge in [-0.25, -0.2) is 0 Å². The van der Waals surface area contributed by atoms with E-state index in [2.05, 4.69) is 53.5 Å². The van der Waals surface area contributed by atoms with E-state index in [1.54, 1.807) is 7.11 Å². The molecule has 0 aromatic heterocycles. The van der Waals surface area contributed by atoms with Gasteiger partial charge in [-0.1, -0.05) is 28.7 Å². The highest BCUT2D eigenvalue weighted by molar-refractivity contribution is 14.1. The summed E-state index contributed by atoms with van der Waals surface area (Å²) in [6, 6.07) is 0. The topological polar surface area (TPSA) is 21.7 Å². The van der Waals surface area contributed by atoms with Gasteiger partial charge in [0.15, 0.2) is 0 Å². The first-order valence-corrected chi connectivity index (χ1v) is 7.84. The summed E-state index contributed by atoms with van der Waals surface area (Å²) in [6.45, 7) is 6.28. The number of allylic oxidation sites excluding steroid dienone is 2. The maximum atomic E-state index is 5.80. The van der Waals surface area contributed by atoms with Gasteiger partial charge in [0.1, 0.15) is 5.76 Å². The maximum Gasteiger partial charge on any atom is 0.120 e. The molecule has 1 saturated heterocycles. The molecule has 0 spiro atoms. The summed E-state index contributed by atoms with van der Waals surface area (Å²) in [5.41, 5.74) is 1.32. The number of nitrogens with zero attached hydrogens (tertiary/aromatic N) is 1. The normalized spacial score (nSPS) is 31.6. The van der Waals surface area contributed by atoms with Gasteiger partial charge in [0, 0.05) is 18.7 Å². The lowest BCUT2D eigenvalue weighted by molar-refractivity contribution is -0.0672. The SMILES string of the molecule is COC1=CCCC=C1C(I)N1CC(C)OC(C)C1. The first kappa shape index (κ1) is 14.3. The van der Waals surface area contributed by atoms with Crippen molar-refractivity contribution in [3.8, 4) is 0 Å². The molecule has 1 aliphatic carbocycles. The van der Waals surface area contributed by atoms with Crippen molar-refractivity contribution in [2.75, 3.05) is 20.2 Å². The van der Waals surface area contributed by atoms with Crippen LogP contribution in [0, 0.1) is 0 Å². The number of ether oxygens (including phenoxy) is 2. The number of morpholine rings is 1. The van der Waals surface area contributed by atoms with Crippen molar-refractivity contribution >= 4 is 22.6 Å². The van der Waals surface area contributed by atoms with Crippen LogP contribution < -0.4 is 0 Å². The summed E-state index contributed by atoms with van der Waals surface area (Å²) in [5.74, 6) is 1.05. The molecular formula is C14H22INO2. The van der Waals surface area contributed by atoms with Crippen LogP contribution in [0.25, 0.3) is 0 Å². The van der Waals surface area contributed by atoms with Gasteiger partial charge in [-0.05, 0) is 32.8 Å². The minimum Gasteiger partial charge on any atom is -0.497 e. The molecule has 2 rings (SSSR count). The van der Waals surface area contributed by atoms with E-state index in [9.17, 15) is 0 Å². The Kier molecular flexibility index (Phi) is 5.09. The van der Waals surface area contributed by atoms with Crippen LogP contribution in [0.15, 0.2) is 23.5 Å². The molecule has 18 heavy (non-hydrogen) atoms. The van der Waals surface area contributed by atoms with Gasteiger partial charge in [-0.2, -0.15) is 0 Å². The zero-order valence-corrected chi connectivity index (χ0v) is 13.5. The predicted octanol–water partition coefficient (Wildman–Crippen LogP) is 3.11. The molecule has 3 unspecified atom stereocenters. The molecule has 0 aromatic rings. The van der Waals surface area contributed by atoms with E-state index < -0.39 is 0 Å². The molecule has 1 heterocycles. The largest absolute Gasteiger partial charge is 0.497 e. The van der Waals surface area contributed by atoms with E-state index in [-0.39, 0.29) is 0 Å². The molecule has 4 heteroatoms. The number of rotatable bonds is 3. The van der Waals surface area contributed by atoms with Crippen LogP contribution in [0.1, 0.15) is 26.7 Å². The molecule has 0 saturated carbocycles. The van der Waals surface area contributed by atoms with Crippen LogP contribution in [0.3, 0.4) is 0 Å². The van der Waals surface area contributed by atoms with Crippen molar-refractivity contribution in [3.05, 3.63) is 23.5 Å². The Labute approximate surface area is 123 Å². The number of alkyl halides is 1. The second-order valence-corrected chi connectivity index (χ2v) is 6.24. The summed E-state index contributed by atoms with van der Waals surface area (Å²) < 4.78 is 11.7. The van der Waals surface area contributed by atoms with Gasteiger partial charge < -0.3 is 9.47 Å². The first-order chi connectivity index (χ1) is 8.61. The summed E-state index contributed by atoms with van der Waals surface area (Å²) in [7, 11) is 1.76. The van der Waals surface area contributed by atoms with Gasteiger partial charge >= 0.3 is 0 Å². The number of hydrogen-bond acceptors (Lipinski definition) is 3. The molecule has 102 valence electrons. The highest BCUT2D eigenvalue weighted by Crippen LogP contribution is 2.30. The van der Waals surface area contributed by atoms with Crippen molar-refractivity contribution in [1.29, 1.82) is 0 Å². The Morgan fingerprint density at radius 2 is 1.89 bits per heavy atom. The fourth-order valence-corrected chi connectivity index (χ4v) is 3.70. The Bertz CT molecular complexity index is 344. The smallest absolute Gasteiger partial charge is 0.120 e. The molecule has 0 aromatic carbocycles. The molecule has 0 amide bonds. The van der Waals surface area contributed by atoms with Gasteiger partial charge in [0.25, 0.3) is 0 Å². The van der Waals surface area contributed by atoms with Crippen LogP contribution in [0.4, 0.5) is 0 Å². The van der Waals surface area contributed by atoms with Gasteiger partial charge in [-0.3, -0.25) is 4.90 Å². The Morgan fingerprint density at radius 1 is 1.28 bits per heavy atom. The standard InChI is InChI=1S/C14H22INO2/c1-10-8-16(9-11(2)18-10)14(15)12-6-4-5-7-13(12)17-3/h6-7,10-11,14H,4-5,8-9H2,1-3H3. The number of hydrogen-bond donors (Lipinski definition) is 0. The molecule has 0 bridgehead atoms. The lowest BCUT2D eigenvalue weighted by Crippen LogP contribution is -2.49. The second-order valence-electron chi connectivity index (χ2n) is 5.06. The zero-order valence-electron chi connectivity index (χ0n) is 11.4. The van der Waals surface area contributed by atoms with Crippen molar-refractivity contribution in [2.45, 2.75) is 42.9 Å². The number of halogens is 1. The molecule has 2 aliphatic rings. The van der Waals surface area contributed by atoms with E-state index in [0.29, 0.717) is 16.3 Å². The molecule has 3 nitrogen and oxygen atoms in total. The Balaban J connectivity index is 2.08. The molecule has 0 N–H and O–H groups in total. The van der Waals surface area contributed by atoms with Gasteiger partial charge in [0.2, 0.25) is 0 Å². The quantitative estimate of drug-likeness (QED) is 0.437. The maximum absolute atomic E-state index is 5.80. The molecule has 1 aliphatic heterocycles. The third-order valence-electron chi connectivity index (χ3n) is 3.39. The predicted molar refractivity (Wildman–Crippen MR) is 81.8 cm³/mol. The third-order valence-corrected chi connectivity index (χ3v) is 4.85. The highest BCUT2D eigenvalue weighted by atomic mass is 127. The van der Waals surface area contributed by atoms with Crippen molar-refractivity contribution in [2.24, 2.45) is 0 Å². The lowest BCUT2D eigenvalue weighted by atomic mass is 10.0. The van der Waals surface area contributed by atoms with E-state index >= 15 is 0 Å². The van der Waals surface area contributed by atoms with Crippen LogP contribution >= 0.6 is 22.6 Å². The lowest BCUT2D eigenvalue weighted by Gasteiger charge is -2.39. The average Bonchev–Trinajstić information content (AvgIpc) is 2.36. The second kappa shape index (κ2) is 6.39. The minimum absolute atomic E-state index is 0.310. The molecule has 3 atom stereocenters. The summed E-state index contributed by atoms with van der Waals surface area (Å²) in [5, 5.41) is 0. The van der Waals surface area contributed by atoms with Crippen molar-refractivity contribution < 1.29 is 9.47 Å². The van der Waals surface area contributed by atoms with Crippen molar-refractivity contribution in [1.82, 2.24) is 4.90 Å². The van der Waals surface area contributed by atoms with E-state index in [1.165, 1.54) is 5.57 Å². The molecular weight excluding hydrogens is 341 g/mol. The zero-order chi connectivity index (χ0) is 13.1. The average molecular weight is 363 g/mol. The van der Waals surface area contributed by atoms with Crippen LogP contribution in [-0.2, 0) is 9.47 Å². The van der Waals surface area contributed by atoms with E-state index in [4.69, 9.17) is 9.47 Å². The third kappa shape index (κ3) is 3.27. The van der Waals surface area contributed by atoms with Gasteiger partial charge in [0.05, 0.1) is 23.4 Å². The summed E-state index contributed by atoms with van der Waals surface area (Å²) >= 11 is 2.52. The van der Waals surface area contributed by atoms with Crippen molar-refractivity contribution in [3.63, 3.8) is 0 Å². The Morgan fingerprint density at radius 3 is 2.50 bits per heavy atom. The first-order valence-electron chi connectivity index (χ1n) is 6.60. The molecule has 0 radical (unpaired) electrons. The van der Waals surface area contributed by atoms with Crippen LogP contribution in [0.2, 0.25) is 0 Å². The summed E-state index contributed by atoms with van der Waals surface area (Å²) in [4.78, 5) is 2.49. The van der Waals surface area contributed by atoms with Crippen LogP contribution in [-0.4, -0.2) is 41.4 Å². The summed E-state index contributed by atoms with van der Waals surface area (Å²) in [6.07, 6.45) is 7.35. The van der Waals surface area contributed by atoms with E-state index in [1.807, 2.05) is 0 Å². The molecule has 1 fully saturated rings. The van der Waals surface area contributed by atoms with E-state index in [0.717, 1.165) is 31.7 Å². The fourth-order valence-electron chi connectivity index (χ4n) is 2.69.